The fourth-order valence-electron chi connectivity index (χ4n) is 0.962. The van der Waals surface area contributed by atoms with Crippen LogP contribution in [0.4, 0.5) is 0 Å². The molecular weight excluding hydrogens is 186 g/mol. The average molecular weight is 207 g/mol. The molecule has 2 unspecified atom stereocenters. The molecule has 0 aromatic heterocycles. The minimum absolute atomic E-state index is 0.280. The molecule has 0 fully saturated rings. The van der Waals surface area contributed by atoms with E-state index >= 15 is 0 Å². The van der Waals surface area contributed by atoms with E-state index in [1.165, 1.54) is 0 Å². The summed E-state index contributed by atoms with van der Waals surface area (Å²) in [5.74, 6) is 1.03. The molecule has 0 aromatic rings. The van der Waals surface area contributed by atoms with Crippen molar-refractivity contribution < 1.29 is 9.84 Å². The molecule has 0 bridgehead atoms. The third-order valence-corrected chi connectivity index (χ3v) is 3.29. The minimum Gasteiger partial charge on any atom is -0.396 e. The lowest BCUT2D eigenvalue weighted by Crippen LogP contribution is -2.32. The van der Waals surface area contributed by atoms with Crippen LogP contribution in [0.2, 0.25) is 0 Å². The van der Waals surface area contributed by atoms with Gasteiger partial charge in [0, 0.05) is 30.8 Å². The van der Waals surface area contributed by atoms with Crippen LogP contribution >= 0.6 is 11.8 Å². The topological polar surface area (TPSA) is 41.5 Å². The summed E-state index contributed by atoms with van der Waals surface area (Å²) < 4.78 is 5.06. The van der Waals surface area contributed by atoms with E-state index in [1.807, 2.05) is 18.8 Å². The molecule has 0 spiro atoms. The number of aliphatic hydroxyl groups excluding tert-OH is 1. The number of nitrogens with one attached hydrogen (secondary N) is 1. The second-order valence-corrected chi connectivity index (χ2v) is 4.57. The van der Waals surface area contributed by atoms with Crippen LogP contribution < -0.4 is 5.32 Å². The molecule has 0 aliphatic carbocycles. The fraction of sp³-hybridized carbons (Fsp3) is 1.00. The molecule has 3 nitrogen and oxygen atoms in total. The first-order valence-corrected chi connectivity index (χ1v) is 5.68. The Balaban J connectivity index is 3.46. The molecule has 0 aliphatic heterocycles. The number of rotatable bonds is 8. The lowest BCUT2D eigenvalue weighted by Gasteiger charge is -2.17. The van der Waals surface area contributed by atoms with Crippen LogP contribution in [0.25, 0.3) is 0 Å². The zero-order chi connectivity index (χ0) is 10.1. The molecule has 2 atom stereocenters. The van der Waals surface area contributed by atoms with Crippen molar-refractivity contribution in [3.63, 3.8) is 0 Å². The molecule has 0 aromatic carbocycles. The largest absolute Gasteiger partial charge is 0.396 e. The lowest BCUT2D eigenvalue weighted by atomic mass is 10.3. The number of ether oxygens (including phenoxy) is 1. The molecule has 4 heteroatoms. The van der Waals surface area contributed by atoms with Gasteiger partial charge in [0.25, 0.3) is 0 Å². The van der Waals surface area contributed by atoms with Gasteiger partial charge < -0.3 is 15.2 Å². The fourth-order valence-corrected chi connectivity index (χ4v) is 2.06. The Labute approximate surface area is 85.2 Å². The van der Waals surface area contributed by atoms with Crippen molar-refractivity contribution in [1.29, 1.82) is 0 Å². The van der Waals surface area contributed by atoms with Gasteiger partial charge >= 0.3 is 0 Å². The van der Waals surface area contributed by atoms with Gasteiger partial charge in [-0.1, -0.05) is 6.92 Å². The second-order valence-electron chi connectivity index (χ2n) is 3.10. The highest BCUT2D eigenvalue weighted by Crippen LogP contribution is 2.14. The maximum absolute atomic E-state index is 8.71. The first-order chi connectivity index (χ1) is 6.24. The molecule has 0 aliphatic rings. The van der Waals surface area contributed by atoms with Crippen LogP contribution in [-0.2, 0) is 4.74 Å². The summed E-state index contributed by atoms with van der Waals surface area (Å²) in [5, 5.41) is 12.4. The van der Waals surface area contributed by atoms with Crippen LogP contribution in [-0.4, -0.2) is 49.5 Å². The van der Waals surface area contributed by atoms with E-state index in [-0.39, 0.29) is 6.61 Å². The van der Waals surface area contributed by atoms with Gasteiger partial charge in [0.1, 0.15) is 0 Å². The molecular formula is C9H21NO2S. The summed E-state index contributed by atoms with van der Waals surface area (Å²) in [4.78, 5) is 0. The van der Waals surface area contributed by atoms with Crippen LogP contribution in [0, 0.1) is 0 Å². The Morgan fingerprint density at radius 3 is 2.69 bits per heavy atom. The Bertz CT molecular complexity index is 114. The van der Waals surface area contributed by atoms with Crippen molar-refractivity contribution in [1.82, 2.24) is 5.32 Å². The molecule has 0 rings (SSSR count). The predicted molar refractivity (Wildman–Crippen MR) is 58.3 cm³/mol. The number of hydrogen-bond acceptors (Lipinski definition) is 4. The predicted octanol–water partition coefficient (Wildman–Crippen LogP) is 0.725. The second kappa shape index (κ2) is 8.81. The zero-order valence-corrected chi connectivity index (χ0v) is 9.56. The quantitative estimate of drug-likeness (QED) is 0.615. The number of thioether (sulfide) groups is 1. The van der Waals surface area contributed by atoms with Crippen molar-refractivity contribution in [2.24, 2.45) is 0 Å². The first-order valence-electron chi connectivity index (χ1n) is 4.63. The van der Waals surface area contributed by atoms with E-state index in [4.69, 9.17) is 9.84 Å². The highest BCUT2D eigenvalue weighted by Gasteiger charge is 2.08. The molecule has 2 N–H and O–H groups in total. The molecule has 80 valence electrons. The molecule has 0 heterocycles. The smallest absolute Gasteiger partial charge is 0.0623 e. The zero-order valence-electron chi connectivity index (χ0n) is 8.75. The summed E-state index contributed by atoms with van der Waals surface area (Å²) in [7, 11) is 3.66. The molecule has 0 saturated heterocycles. The van der Waals surface area contributed by atoms with Gasteiger partial charge in [0.2, 0.25) is 0 Å². The van der Waals surface area contributed by atoms with Gasteiger partial charge in [-0.2, -0.15) is 11.8 Å². The van der Waals surface area contributed by atoms with E-state index in [1.54, 1.807) is 7.11 Å². The number of hydrogen-bond donors (Lipinski definition) is 2. The lowest BCUT2D eigenvalue weighted by molar-refractivity contribution is 0.177. The van der Waals surface area contributed by atoms with Gasteiger partial charge in [-0.3, -0.25) is 0 Å². The Morgan fingerprint density at radius 2 is 2.23 bits per heavy atom. The summed E-state index contributed by atoms with van der Waals surface area (Å²) >= 11 is 1.87. The third kappa shape index (κ3) is 7.31. The van der Waals surface area contributed by atoms with Crippen molar-refractivity contribution >= 4 is 11.8 Å². The van der Waals surface area contributed by atoms with E-state index in [0.29, 0.717) is 11.3 Å². The van der Waals surface area contributed by atoms with E-state index in [2.05, 4.69) is 12.2 Å². The number of likely N-dealkylation sites (N-methyl/N-ethyl adjacent to an activating group) is 1. The van der Waals surface area contributed by atoms with Crippen LogP contribution in [0.5, 0.6) is 0 Å². The number of aliphatic hydroxyl groups is 1. The summed E-state index contributed by atoms with van der Waals surface area (Å²) in [6.45, 7) is 3.17. The van der Waals surface area contributed by atoms with E-state index in [0.717, 1.165) is 18.8 Å². The summed E-state index contributed by atoms with van der Waals surface area (Å²) in [6, 6.07) is 0.413. The van der Waals surface area contributed by atoms with Gasteiger partial charge in [0.15, 0.2) is 0 Å². The normalized spacial score (nSPS) is 15.7. The van der Waals surface area contributed by atoms with Crippen LogP contribution in [0.15, 0.2) is 0 Å². The molecule has 0 radical (unpaired) electrons. The molecule has 13 heavy (non-hydrogen) atoms. The Hall–Kier alpha value is 0.230. The maximum Gasteiger partial charge on any atom is 0.0623 e. The van der Waals surface area contributed by atoms with E-state index in [9.17, 15) is 0 Å². The first kappa shape index (κ1) is 13.2. The van der Waals surface area contributed by atoms with Crippen molar-refractivity contribution in [2.75, 3.05) is 33.1 Å². The Morgan fingerprint density at radius 1 is 1.54 bits per heavy atom. The highest BCUT2D eigenvalue weighted by atomic mass is 32.2. The molecule has 0 saturated carbocycles. The van der Waals surface area contributed by atoms with Crippen LogP contribution in [0.1, 0.15) is 13.3 Å². The SMILES string of the molecule is CNC(COC)CSC(C)CCO. The van der Waals surface area contributed by atoms with Gasteiger partial charge in [-0.15, -0.1) is 0 Å². The van der Waals surface area contributed by atoms with E-state index < -0.39 is 0 Å². The third-order valence-electron chi connectivity index (χ3n) is 1.89. The van der Waals surface area contributed by atoms with Gasteiger partial charge in [-0.25, -0.2) is 0 Å². The van der Waals surface area contributed by atoms with Gasteiger partial charge in [0.05, 0.1) is 6.61 Å². The van der Waals surface area contributed by atoms with Crippen molar-refractivity contribution in [3.8, 4) is 0 Å². The van der Waals surface area contributed by atoms with Crippen molar-refractivity contribution in [3.05, 3.63) is 0 Å². The Kier molecular flexibility index (Phi) is 8.97. The molecule has 0 amide bonds. The summed E-state index contributed by atoms with van der Waals surface area (Å²) in [6.07, 6.45) is 0.869. The van der Waals surface area contributed by atoms with Crippen molar-refractivity contribution in [2.45, 2.75) is 24.6 Å². The van der Waals surface area contributed by atoms with Gasteiger partial charge in [-0.05, 0) is 13.5 Å². The summed E-state index contributed by atoms with van der Waals surface area (Å²) in [5.41, 5.74) is 0. The average Bonchev–Trinajstić information content (AvgIpc) is 2.12. The van der Waals surface area contributed by atoms with Crippen LogP contribution in [0.3, 0.4) is 0 Å². The standard InChI is InChI=1S/C9H21NO2S/c1-8(4-5-11)13-7-9(10-2)6-12-3/h8-11H,4-7H2,1-3H3. The maximum atomic E-state index is 8.71. The number of methoxy groups -OCH3 is 1. The minimum atomic E-state index is 0.280. The monoisotopic (exact) mass is 207 g/mol. The highest BCUT2D eigenvalue weighted by molar-refractivity contribution is 7.99.